The van der Waals surface area contributed by atoms with E-state index in [2.05, 4.69) is 9.55 Å². The zero-order valence-electron chi connectivity index (χ0n) is 18.0. The molecule has 4 aromatic rings. The van der Waals surface area contributed by atoms with Crippen molar-refractivity contribution in [1.29, 1.82) is 0 Å². The van der Waals surface area contributed by atoms with Gasteiger partial charge in [-0.25, -0.2) is 14.2 Å². The molecule has 0 atom stereocenters. The van der Waals surface area contributed by atoms with E-state index in [-0.39, 0.29) is 17.9 Å². The number of aryl methyl sites for hydroxylation is 1. The summed E-state index contributed by atoms with van der Waals surface area (Å²) in [6.07, 6.45) is 1.65. The van der Waals surface area contributed by atoms with Gasteiger partial charge in [-0.2, -0.15) is 0 Å². The lowest BCUT2D eigenvalue weighted by Gasteiger charge is -2.36. The molecule has 1 saturated heterocycles. The van der Waals surface area contributed by atoms with E-state index in [0.29, 0.717) is 18.6 Å². The maximum absolute atomic E-state index is 13.6. The maximum Gasteiger partial charge on any atom is 0.329 e. The van der Waals surface area contributed by atoms with Gasteiger partial charge in [0.25, 0.3) is 0 Å². The number of likely N-dealkylation sites (tertiary alicyclic amines) is 1. The van der Waals surface area contributed by atoms with Gasteiger partial charge in [0.1, 0.15) is 11.6 Å². The summed E-state index contributed by atoms with van der Waals surface area (Å²) in [4.78, 5) is 21.8. The molecule has 2 heterocycles. The molecule has 0 unspecified atom stereocenters. The second-order valence-corrected chi connectivity index (χ2v) is 8.17. The number of halogens is 1. The number of rotatable bonds is 3. The van der Waals surface area contributed by atoms with Crippen molar-refractivity contribution < 1.29 is 9.18 Å². The lowest BCUT2D eigenvalue weighted by atomic mass is 10.0. The largest absolute Gasteiger partial charge is 0.329 e. The molecule has 3 aromatic carbocycles. The van der Waals surface area contributed by atoms with Crippen LogP contribution in [0.25, 0.3) is 11.0 Å². The monoisotopic (exact) mass is 428 g/mol. The molecule has 32 heavy (non-hydrogen) atoms. The van der Waals surface area contributed by atoms with Crippen LogP contribution in [0.5, 0.6) is 0 Å². The molecule has 1 fully saturated rings. The minimum Gasteiger partial charge on any atom is -0.325 e. The Kier molecular flexibility index (Phi) is 5.35. The average Bonchev–Trinajstić information content (AvgIpc) is 3.15. The smallest absolute Gasteiger partial charge is 0.325 e. The normalized spacial score (nSPS) is 14.6. The van der Waals surface area contributed by atoms with Gasteiger partial charge in [0, 0.05) is 25.2 Å². The Bertz CT molecular complexity index is 1190. The predicted octanol–water partition coefficient (Wildman–Crippen LogP) is 6.08. The third-order valence-electron chi connectivity index (χ3n) is 6.15. The van der Waals surface area contributed by atoms with Gasteiger partial charge in [-0.1, -0.05) is 36.4 Å². The zero-order chi connectivity index (χ0) is 22.1. The third kappa shape index (κ3) is 3.73. The molecule has 0 bridgehead atoms. The van der Waals surface area contributed by atoms with E-state index in [1.165, 1.54) is 12.1 Å². The highest BCUT2D eigenvalue weighted by Crippen LogP contribution is 2.32. The van der Waals surface area contributed by atoms with Crippen LogP contribution in [0.1, 0.15) is 24.7 Å². The summed E-state index contributed by atoms with van der Waals surface area (Å²) in [5, 5.41) is 0. The first-order valence-electron chi connectivity index (χ1n) is 10.9. The molecule has 5 nitrogen and oxygen atoms in total. The second-order valence-electron chi connectivity index (χ2n) is 8.17. The van der Waals surface area contributed by atoms with Crippen LogP contribution in [0.2, 0.25) is 0 Å². The molecule has 1 aromatic heterocycles. The number of nitrogens with zero attached hydrogens (tertiary/aromatic N) is 4. The fourth-order valence-corrected chi connectivity index (χ4v) is 4.63. The highest BCUT2D eigenvalue weighted by Gasteiger charge is 2.30. The fourth-order valence-electron chi connectivity index (χ4n) is 4.63. The van der Waals surface area contributed by atoms with Gasteiger partial charge in [0.15, 0.2) is 0 Å². The van der Waals surface area contributed by atoms with Gasteiger partial charge in [-0.05, 0) is 56.2 Å². The molecule has 2 amide bonds. The van der Waals surface area contributed by atoms with Crippen LogP contribution in [0.15, 0.2) is 78.9 Å². The number of para-hydroxylation sites is 2. The third-order valence-corrected chi connectivity index (χ3v) is 6.15. The summed E-state index contributed by atoms with van der Waals surface area (Å²) in [7, 11) is 0. The topological polar surface area (TPSA) is 41.4 Å². The lowest BCUT2D eigenvalue weighted by Crippen LogP contribution is -2.45. The van der Waals surface area contributed by atoms with Crippen molar-refractivity contribution in [2.24, 2.45) is 0 Å². The van der Waals surface area contributed by atoms with E-state index >= 15 is 0 Å². The van der Waals surface area contributed by atoms with E-state index < -0.39 is 0 Å². The van der Waals surface area contributed by atoms with Crippen molar-refractivity contribution in [2.75, 3.05) is 18.0 Å². The molecule has 1 aliphatic heterocycles. The maximum atomic E-state index is 13.6. The summed E-state index contributed by atoms with van der Waals surface area (Å²) in [5.74, 6) is 0.607. The van der Waals surface area contributed by atoms with Crippen molar-refractivity contribution >= 4 is 28.4 Å². The van der Waals surface area contributed by atoms with E-state index in [1.54, 1.807) is 11.0 Å². The fraction of sp³-hybridized carbons (Fsp3) is 0.231. The average molecular weight is 429 g/mol. The van der Waals surface area contributed by atoms with Crippen LogP contribution >= 0.6 is 0 Å². The molecule has 5 rings (SSSR count). The summed E-state index contributed by atoms with van der Waals surface area (Å²) >= 11 is 0. The Morgan fingerprint density at radius 3 is 2.12 bits per heavy atom. The number of piperidine rings is 1. The molecular weight excluding hydrogens is 403 g/mol. The first-order chi connectivity index (χ1) is 15.6. The standard InChI is InChI=1S/C26H25FN4O/c1-19-28-24-18-20(27)12-13-25(24)30(19)23-14-16-29(17-15-23)26(32)31(21-8-4-2-5-9-21)22-10-6-3-7-11-22/h2-13,18,23H,14-17H2,1H3. The number of fused-ring (bicyclic) bond motifs is 1. The molecule has 0 aliphatic carbocycles. The number of amides is 2. The Hall–Kier alpha value is -3.67. The lowest BCUT2D eigenvalue weighted by molar-refractivity contribution is 0.180. The first kappa shape index (κ1) is 20.2. The minimum absolute atomic E-state index is 0.0184. The number of urea groups is 1. The number of carbonyl (C=O) groups is 1. The molecular formula is C26H25FN4O. The molecule has 162 valence electrons. The molecule has 1 aliphatic rings. The molecule has 0 N–H and O–H groups in total. The Balaban J connectivity index is 1.37. The SMILES string of the molecule is Cc1nc2cc(F)ccc2n1C1CCN(C(=O)N(c2ccccc2)c2ccccc2)CC1. The van der Waals surface area contributed by atoms with Crippen LogP contribution in [0.3, 0.4) is 0 Å². The van der Waals surface area contributed by atoms with Crippen LogP contribution in [-0.4, -0.2) is 33.6 Å². The second kappa shape index (κ2) is 8.46. The van der Waals surface area contributed by atoms with E-state index in [1.807, 2.05) is 72.5 Å². The number of hydrogen-bond donors (Lipinski definition) is 0. The zero-order valence-corrected chi connectivity index (χ0v) is 18.0. The van der Waals surface area contributed by atoms with E-state index in [0.717, 1.165) is 35.6 Å². The van der Waals surface area contributed by atoms with Crippen molar-refractivity contribution in [3.8, 4) is 0 Å². The molecule has 6 heteroatoms. The van der Waals surface area contributed by atoms with Crippen LogP contribution in [-0.2, 0) is 0 Å². The highest BCUT2D eigenvalue weighted by molar-refractivity contribution is 5.99. The Labute approximate surface area is 186 Å². The van der Waals surface area contributed by atoms with Gasteiger partial charge < -0.3 is 9.47 Å². The minimum atomic E-state index is -0.274. The quantitative estimate of drug-likeness (QED) is 0.397. The number of carbonyl (C=O) groups excluding carboxylic acids is 1. The summed E-state index contributed by atoms with van der Waals surface area (Å²) in [5.41, 5.74) is 3.33. The Morgan fingerprint density at radius 2 is 1.53 bits per heavy atom. The number of hydrogen-bond acceptors (Lipinski definition) is 2. The number of imidazole rings is 1. The summed E-state index contributed by atoms with van der Waals surface area (Å²) in [6, 6.07) is 24.5. The van der Waals surface area contributed by atoms with Crippen molar-refractivity contribution in [1.82, 2.24) is 14.5 Å². The van der Waals surface area contributed by atoms with Crippen LogP contribution in [0.4, 0.5) is 20.6 Å². The van der Waals surface area contributed by atoms with Gasteiger partial charge in [-0.15, -0.1) is 0 Å². The van der Waals surface area contributed by atoms with E-state index in [4.69, 9.17) is 0 Å². The van der Waals surface area contributed by atoms with Crippen LogP contribution < -0.4 is 4.90 Å². The Morgan fingerprint density at radius 1 is 0.938 bits per heavy atom. The van der Waals surface area contributed by atoms with Crippen molar-refractivity contribution in [3.63, 3.8) is 0 Å². The summed E-state index contributed by atoms with van der Waals surface area (Å²) < 4.78 is 15.8. The first-order valence-corrected chi connectivity index (χ1v) is 10.9. The predicted molar refractivity (Wildman–Crippen MR) is 125 cm³/mol. The number of aromatic nitrogens is 2. The van der Waals surface area contributed by atoms with E-state index in [9.17, 15) is 9.18 Å². The molecule has 0 spiro atoms. The van der Waals surface area contributed by atoms with Gasteiger partial charge in [0.2, 0.25) is 0 Å². The highest BCUT2D eigenvalue weighted by atomic mass is 19.1. The van der Waals surface area contributed by atoms with Crippen molar-refractivity contribution in [3.05, 3.63) is 90.5 Å². The van der Waals surface area contributed by atoms with Crippen LogP contribution in [0, 0.1) is 12.7 Å². The number of benzene rings is 3. The molecule has 0 radical (unpaired) electrons. The number of anilines is 2. The van der Waals surface area contributed by atoms with Gasteiger partial charge >= 0.3 is 6.03 Å². The van der Waals surface area contributed by atoms with Gasteiger partial charge in [0.05, 0.1) is 22.4 Å². The summed E-state index contributed by atoms with van der Waals surface area (Å²) in [6.45, 7) is 3.27. The van der Waals surface area contributed by atoms with Gasteiger partial charge in [-0.3, -0.25) is 4.90 Å². The molecule has 0 saturated carbocycles. The van der Waals surface area contributed by atoms with Crippen molar-refractivity contribution in [2.45, 2.75) is 25.8 Å².